The molecule has 0 amide bonds. The molecule has 116 valence electrons. The first-order valence-corrected chi connectivity index (χ1v) is 7.66. The highest BCUT2D eigenvalue weighted by molar-refractivity contribution is 6.07. The van der Waals surface area contributed by atoms with Crippen molar-refractivity contribution in [2.45, 2.75) is 32.4 Å². The van der Waals surface area contributed by atoms with E-state index in [1.165, 1.54) is 18.8 Å². The molecule has 5 nitrogen and oxygen atoms in total. The van der Waals surface area contributed by atoms with Crippen molar-refractivity contribution in [3.8, 4) is 0 Å². The van der Waals surface area contributed by atoms with Gasteiger partial charge < -0.3 is 21.0 Å². The number of allylic oxidation sites excluding steroid dienone is 1. The predicted octanol–water partition coefficient (Wildman–Crippen LogP) is 2.37. The van der Waals surface area contributed by atoms with E-state index in [4.69, 9.17) is 11.1 Å². The molecule has 0 bridgehead atoms. The minimum absolute atomic E-state index is 0.240. The normalized spacial score (nSPS) is 21.4. The van der Waals surface area contributed by atoms with Crippen LogP contribution in [-0.4, -0.2) is 27.8 Å². The van der Waals surface area contributed by atoms with Crippen LogP contribution in [0.3, 0.4) is 0 Å². The second-order valence-electron chi connectivity index (χ2n) is 6.67. The molecule has 1 atom stereocenters. The van der Waals surface area contributed by atoms with Gasteiger partial charge in [0.2, 0.25) is 0 Å². The van der Waals surface area contributed by atoms with Gasteiger partial charge in [-0.2, -0.15) is 0 Å². The van der Waals surface area contributed by atoms with Crippen LogP contribution in [0.25, 0.3) is 16.6 Å². The van der Waals surface area contributed by atoms with Crippen LogP contribution in [0.4, 0.5) is 0 Å². The highest BCUT2D eigenvalue weighted by Gasteiger charge is 2.30. The fourth-order valence-corrected chi connectivity index (χ4v) is 3.30. The molecule has 1 fully saturated rings. The van der Waals surface area contributed by atoms with Crippen LogP contribution in [0.15, 0.2) is 30.6 Å². The van der Waals surface area contributed by atoms with Gasteiger partial charge in [0.1, 0.15) is 0 Å². The molecule has 2 aromatic heterocycles. The zero-order valence-corrected chi connectivity index (χ0v) is 13.1. The van der Waals surface area contributed by atoms with E-state index in [9.17, 15) is 0 Å². The lowest BCUT2D eigenvalue weighted by Crippen LogP contribution is -2.31. The molecule has 1 unspecified atom stereocenters. The van der Waals surface area contributed by atoms with Gasteiger partial charge in [-0.3, -0.25) is 0 Å². The molecule has 3 rings (SSSR count). The van der Waals surface area contributed by atoms with Crippen molar-refractivity contribution >= 4 is 22.8 Å². The van der Waals surface area contributed by atoms with Crippen LogP contribution >= 0.6 is 0 Å². The Labute approximate surface area is 130 Å². The number of nitrogens with one attached hydrogen (secondary N) is 2. The zero-order chi connectivity index (χ0) is 15.7. The van der Waals surface area contributed by atoms with Crippen LogP contribution in [0.1, 0.15) is 26.0 Å². The van der Waals surface area contributed by atoms with Gasteiger partial charge in [0.05, 0.1) is 16.7 Å². The van der Waals surface area contributed by atoms with Crippen LogP contribution in [0, 0.1) is 11.3 Å². The average Bonchev–Trinajstić information content (AvgIpc) is 3.04. The fraction of sp³-hybridized carbons (Fsp3) is 0.412. The number of aromatic nitrogens is 2. The lowest BCUT2D eigenvalue weighted by molar-refractivity contribution is 0.421. The molecule has 4 N–H and O–H groups in total. The summed E-state index contributed by atoms with van der Waals surface area (Å²) in [7, 11) is 0. The molecular formula is C17H23N5. The van der Waals surface area contributed by atoms with E-state index in [2.05, 4.69) is 41.0 Å². The molecule has 0 radical (unpaired) electrons. The summed E-state index contributed by atoms with van der Waals surface area (Å²) in [5, 5.41) is 10.9. The topological polar surface area (TPSA) is 79.7 Å². The van der Waals surface area contributed by atoms with Gasteiger partial charge in [-0.05, 0) is 44.4 Å². The van der Waals surface area contributed by atoms with Crippen molar-refractivity contribution in [1.29, 1.82) is 5.41 Å². The van der Waals surface area contributed by atoms with Gasteiger partial charge in [-0.15, -0.1) is 0 Å². The summed E-state index contributed by atoms with van der Waals surface area (Å²) in [6.45, 7) is 6.58. The van der Waals surface area contributed by atoms with Crippen LogP contribution in [0.2, 0.25) is 0 Å². The molecule has 2 aromatic rings. The highest BCUT2D eigenvalue weighted by atomic mass is 15.0. The van der Waals surface area contributed by atoms with Gasteiger partial charge in [0.15, 0.2) is 0 Å². The monoisotopic (exact) mass is 297 g/mol. The van der Waals surface area contributed by atoms with Crippen molar-refractivity contribution < 1.29 is 0 Å². The number of hydrogen-bond acceptors (Lipinski definition) is 4. The molecule has 1 aliphatic rings. The molecule has 0 aliphatic carbocycles. The summed E-state index contributed by atoms with van der Waals surface area (Å²) < 4.78 is 2.27. The summed E-state index contributed by atoms with van der Waals surface area (Å²) in [4.78, 5) is 4.61. The predicted molar refractivity (Wildman–Crippen MR) is 90.9 cm³/mol. The maximum Gasteiger partial charge on any atom is 0.0888 e. The molecular weight excluding hydrogens is 274 g/mol. The standard InChI is InChI=1S/C17H23N5/c1-17(2)7-12(10-20-17)11-22-6-5-15-16(22)4-3-14(21-15)13(8-18)9-19/h3-6,8-9,12,18,20H,7,10-11,19H2,1-2H3. The average molecular weight is 297 g/mol. The molecule has 0 spiro atoms. The third kappa shape index (κ3) is 2.76. The third-order valence-electron chi connectivity index (χ3n) is 4.38. The Balaban J connectivity index is 1.85. The number of hydrogen-bond donors (Lipinski definition) is 3. The number of rotatable bonds is 4. The number of pyridine rings is 1. The van der Waals surface area contributed by atoms with Gasteiger partial charge >= 0.3 is 0 Å². The minimum Gasteiger partial charge on any atom is -0.404 e. The van der Waals surface area contributed by atoms with Crippen LogP contribution < -0.4 is 11.1 Å². The lowest BCUT2D eigenvalue weighted by atomic mass is 9.97. The first-order valence-electron chi connectivity index (χ1n) is 7.66. The van der Waals surface area contributed by atoms with Crippen LogP contribution in [-0.2, 0) is 6.54 Å². The summed E-state index contributed by atoms with van der Waals surface area (Å²) in [6.07, 6.45) is 5.94. The lowest BCUT2D eigenvalue weighted by Gasteiger charge is -2.17. The number of fused-ring (bicyclic) bond motifs is 1. The Bertz CT molecular complexity index is 726. The smallest absolute Gasteiger partial charge is 0.0888 e. The summed E-state index contributed by atoms with van der Waals surface area (Å²) in [5.74, 6) is 0.645. The van der Waals surface area contributed by atoms with E-state index in [-0.39, 0.29) is 5.54 Å². The molecule has 0 saturated carbocycles. The van der Waals surface area contributed by atoms with Crippen molar-refractivity contribution in [3.05, 3.63) is 36.3 Å². The third-order valence-corrected chi connectivity index (χ3v) is 4.38. The van der Waals surface area contributed by atoms with Gasteiger partial charge in [-0.25, -0.2) is 4.98 Å². The Morgan fingerprint density at radius 2 is 2.32 bits per heavy atom. The minimum atomic E-state index is 0.240. The van der Waals surface area contributed by atoms with Gasteiger partial charge in [-0.1, -0.05) is 0 Å². The zero-order valence-electron chi connectivity index (χ0n) is 13.1. The van der Waals surface area contributed by atoms with E-state index < -0.39 is 0 Å². The number of nitrogens with two attached hydrogens (primary N) is 1. The number of nitrogens with zero attached hydrogens (tertiary/aromatic N) is 2. The van der Waals surface area contributed by atoms with Crippen molar-refractivity contribution in [1.82, 2.24) is 14.9 Å². The Hall–Kier alpha value is -2.14. The molecule has 1 saturated heterocycles. The fourth-order valence-electron chi connectivity index (χ4n) is 3.30. The van der Waals surface area contributed by atoms with Crippen LogP contribution in [0.5, 0.6) is 0 Å². The molecule has 22 heavy (non-hydrogen) atoms. The summed E-state index contributed by atoms with van der Waals surface area (Å²) >= 11 is 0. The highest BCUT2D eigenvalue weighted by Crippen LogP contribution is 2.26. The second-order valence-corrected chi connectivity index (χ2v) is 6.67. The molecule has 1 aliphatic heterocycles. The summed E-state index contributed by atoms with van der Waals surface area (Å²) in [5.41, 5.74) is 9.23. The van der Waals surface area contributed by atoms with E-state index in [1.54, 1.807) is 0 Å². The molecule has 5 heteroatoms. The Morgan fingerprint density at radius 3 is 2.95 bits per heavy atom. The van der Waals surface area contributed by atoms with Gasteiger partial charge in [0, 0.05) is 42.8 Å². The molecule has 0 aromatic carbocycles. The Morgan fingerprint density at radius 1 is 1.50 bits per heavy atom. The molecule has 3 heterocycles. The van der Waals surface area contributed by atoms with Crippen molar-refractivity contribution in [3.63, 3.8) is 0 Å². The maximum absolute atomic E-state index is 7.37. The van der Waals surface area contributed by atoms with E-state index in [0.717, 1.165) is 29.8 Å². The first kappa shape index (κ1) is 14.8. The second kappa shape index (κ2) is 5.57. The van der Waals surface area contributed by atoms with E-state index in [0.29, 0.717) is 11.5 Å². The largest absolute Gasteiger partial charge is 0.404 e. The SMILES string of the molecule is CC1(C)CC(Cn2ccc3nc(C(C=N)=CN)ccc32)CN1. The summed E-state index contributed by atoms with van der Waals surface area (Å²) in [6, 6.07) is 6.03. The van der Waals surface area contributed by atoms with Crippen molar-refractivity contribution in [2.24, 2.45) is 11.7 Å². The van der Waals surface area contributed by atoms with E-state index in [1.807, 2.05) is 12.1 Å². The van der Waals surface area contributed by atoms with Gasteiger partial charge in [0.25, 0.3) is 0 Å². The van der Waals surface area contributed by atoms with E-state index >= 15 is 0 Å². The maximum atomic E-state index is 7.37. The quantitative estimate of drug-likeness (QED) is 0.758. The Kier molecular flexibility index (Phi) is 3.74. The van der Waals surface area contributed by atoms with Crippen molar-refractivity contribution in [2.75, 3.05) is 6.54 Å². The first-order chi connectivity index (χ1) is 10.5.